The first kappa shape index (κ1) is 21.5. The Hall–Kier alpha value is -3.21. The molecule has 11 heteroatoms. The minimum atomic E-state index is -4.56. The summed E-state index contributed by atoms with van der Waals surface area (Å²) in [7, 11) is 1.43. The molecule has 1 heterocycles. The highest BCUT2D eigenvalue weighted by Crippen LogP contribution is 2.30. The van der Waals surface area contributed by atoms with Crippen molar-refractivity contribution in [3.05, 3.63) is 75.8 Å². The average Bonchev–Trinajstić information content (AvgIpc) is 3.10. The molecule has 2 aromatic carbocycles. The van der Waals surface area contributed by atoms with E-state index < -0.39 is 23.7 Å². The Morgan fingerprint density at radius 3 is 2.47 bits per heavy atom. The Bertz CT molecular complexity index is 1120. The SMILES string of the molecule is Cn1cc(C(F)(F)F)nc1-c1ccc(C(=O)ON=C(N)c2cc(Br)ccc2F)cc1. The minimum Gasteiger partial charge on any atom is -0.380 e. The summed E-state index contributed by atoms with van der Waals surface area (Å²) >= 11 is 3.17. The second-order valence-electron chi connectivity index (χ2n) is 6.12. The number of aromatic nitrogens is 2. The number of amidine groups is 1. The molecule has 0 spiro atoms. The summed E-state index contributed by atoms with van der Waals surface area (Å²) in [5.41, 5.74) is 5.01. The van der Waals surface area contributed by atoms with Crippen molar-refractivity contribution in [1.29, 1.82) is 0 Å². The molecule has 2 N–H and O–H groups in total. The van der Waals surface area contributed by atoms with E-state index in [1.54, 1.807) is 0 Å². The zero-order valence-corrected chi connectivity index (χ0v) is 16.8. The van der Waals surface area contributed by atoms with Crippen LogP contribution in [0.5, 0.6) is 0 Å². The van der Waals surface area contributed by atoms with Crippen LogP contribution < -0.4 is 5.73 Å². The third-order valence-corrected chi connectivity index (χ3v) is 4.47. The number of carbonyl (C=O) groups excluding carboxylic acids is 1. The summed E-state index contributed by atoms with van der Waals surface area (Å²) in [6.07, 6.45) is -3.69. The van der Waals surface area contributed by atoms with Crippen molar-refractivity contribution in [3.8, 4) is 11.4 Å². The lowest BCUT2D eigenvalue weighted by molar-refractivity contribution is -0.140. The molecule has 0 aliphatic heterocycles. The molecule has 0 fully saturated rings. The van der Waals surface area contributed by atoms with Crippen LogP contribution in [0.2, 0.25) is 0 Å². The summed E-state index contributed by atoms with van der Waals surface area (Å²) < 4.78 is 54.0. The predicted molar refractivity (Wildman–Crippen MR) is 104 cm³/mol. The minimum absolute atomic E-state index is 0.0530. The maximum absolute atomic E-state index is 13.8. The van der Waals surface area contributed by atoms with Crippen LogP contribution in [0, 0.1) is 5.82 Å². The third kappa shape index (κ3) is 4.67. The van der Waals surface area contributed by atoms with Gasteiger partial charge in [-0.15, -0.1) is 0 Å². The molecule has 30 heavy (non-hydrogen) atoms. The number of oxime groups is 1. The van der Waals surface area contributed by atoms with Crippen LogP contribution in [0.4, 0.5) is 17.6 Å². The van der Waals surface area contributed by atoms with Crippen LogP contribution >= 0.6 is 15.9 Å². The first-order chi connectivity index (χ1) is 14.1. The molecule has 0 amide bonds. The molecule has 0 atom stereocenters. The standard InChI is InChI=1S/C19H13BrF4N4O2/c1-28-9-15(19(22,23)24)26-17(28)10-2-4-11(5-3-10)18(29)30-27-16(25)13-8-12(20)6-7-14(13)21/h2-9H,1H3,(H2,25,27). The van der Waals surface area contributed by atoms with E-state index in [1.165, 1.54) is 54.1 Å². The Balaban J connectivity index is 1.76. The second kappa shape index (κ2) is 8.27. The van der Waals surface area contributed by atoms with Crippen LogP contribution in [-0.2, 0) is 18.1 Å². The lowest BCUT2D eigenvalue weighted by Gasteiger charge is -2.05. The number of aryl methyl sites for hydroxylation is 1. The fourth-order valence-electron chi connectivity index (χ4n) is 2.51. The maximum atomic E-state index is 13.8. The number of alkyl halides is 3. The van der Waals surface area contributed by atoms with Crippen LogP contribution in [-0.4, -0.2) is 21.4 Å². The van der Waals surface area contributed by atoms with Crippen LogP contribution in [0.3, 0.4) is 0 Å². The lowest BCUT2D eigenvalue weighted by atomic mass is 10.1. The molecule has 156 valence electrons. The Labute approximate surface area is 176 Å². The van der Waals surface area contributed by atoms with Crippen LogP contribution in [0.25, 0.3) is 11.4 Å². The molecule has 3 rings (SSSR count). The number of rotatable bonds is 4. The summed E-state index contributed by atoms with van der Waals surface area (Å²) in [6, 6.07) is 9.53. The van der Waals surface area contributed by atoms with E-state index in [9.17, 15) is 22.4 Å². The fourth-order valence-corrected chi connectivity index (χ4v) is 2.87. The van der Waals surface area contributed by atoms with Crippen molar-refractivity contribution in [2.75, 3.05) is 0 Å². The number of hydrogen-bond acceptors (Lipinski definition) is 4. The smallest absolute Gasteiger partial charge is 0.380 e. The first-order valence-electron chi connectivity index (χ1n) is 8.27. The van der Waals surface area contributed by atoms with E-state index in [1.807, 2.05) is 0 Å². The zero-order valence-electron chi connectivity index (χ0n) is 15.2. The van der Waals surface area contributed by atoms with Gasteiger partial charge in [0, 0.05) is 23.3 Å². The van der Waals surface area contributed by atoms with E-state index in [-0.39, 0.29) is 22.8 Å². The number of hydrogen-bond donors (Lipinski definition) is 1. The zero-order chi connectivity index (χ0) is 22.1. The largest absolute Gasteiger partial charge is 0.434 e. The van der Waals surface area contributed by atoms with Crippen molar-refractivity contribution < 1.29 is 27.2 Å². The van der Waals surface area contributed by atoms with Crippen molar-refractivity contribution in [2.24, 2.45) is 17.9 Å². The molecular formula is C19H13BrF4N4O2. The van der Waals surface area contributed by atoms with E-state index in [2.05, 4.69) is 26.1 Å². The van der Waals surface area contributed by atoms with E-state index in [0.717, 1.165) is 6.20 Å². The molecule has 0 unspecified atom stereocenters. The van der Waals surface area contributed by atoms with Gasteiger partial charge in [-0.1, -0.05) is 33.2 Å². The molecule has 0 bridgehead atoms. The van der Waals surface area contributed by atoms with Gasteiger partial charge >= 0.3 is 12.1 Å². The fraction of sp³-hybridized carbons (Fsp3) is 0.105. The summed E-state index contributed by atoms with van der Waals surface area (Å²) in [5, 5.41) is 3.44. The van der Waals surface area contributed by atoms with Gasteiger partial charge in [0.05, 0.1) is 11.1 Å². The average molecular weight is 485 g/mol. The number of imidazole rings is 1. The molecule has 0 aliphatic carbocycles. The van der Waals surface area contributed by atoms with Crippen molar-refractivity contribution in [3.63, 3.8) is 0 Å². The monoisotopic (exact) mass is 484 g/mol. The molecule has 1 aromatic heterocycles. The van der Waals surface area contributed by atoms with Crippen molar-refractivity contribution in [2.45, 2.75) is 6.18 Å². The van der Waals surface area contributed by atoms with Gasteiger partial charge in [0.2, 0.25) is 0 Å². The van der Waals surface area contributed by atoms with Crippen molar-refractivity contribution >= 4 is 27.7 Å². The van der Waals surface area contributed by atoms with Crippen LogP contribution in [0.15, 0.2) is 58.3 Å². The normalized spacial score (nSPS) is 12.1. The van der Waals surface area contributed by atoms with Gasteiger partial charge in [0.25, 0.3) is 0 Å². The number of carbonyl (C=O) groups is 1. The van der Waals surface area contributed by atoms with Gasteiger partial charge in [-0.2, -0.15) is 13.2 Å². The van der Waals surface area contributed by atoms with Gasteiger partial charge in [0.15, 0.2) is 11.5 Å². The summed E-state index contributed by atoms with van der Waals surface area (Å²) in [4.78, 5) is 20.4. The second-order valence-corrected chi connectivity index (χ2v) is 7.03. The Morgan fingerprint density at radius 2 is 1.87 bits per heavy atom. The molecule has 0 saturated heterocycles. The number of benzene rings is 2. The topological polar surface area (TPSA) is 82.5 Å². The van der Waals surface area contributed by atoms with Gasteiger partial charge < -0.3 is 15.1 Å². The lowest BCUT2D eigenvalue weighted by Crippen LogP contribution is -2.17. The number of nitrogens with zero attached hydrogens (tertiary/aromatic N) is 3. The van der Waals surface area contributed by atoms with E-state index in [0.29, 0.717) is 10.0 Å². The highest BCUT2D eigenvalue weighted by atomic mass is 79.9. The van der Waals surface area contributed by atoms with Gasteiger partial charge in [0.1, 0.15) is 11.6 Å². The number of halogens is 5. The predicted octanol–water partition coefficient (Wildman–Crippen LogP) is 4.48. The van der Waals surface area contributed by atoms with Gasteiger partial charge in [-0.25, -0.2) is 14.2 Å². The van der Waals surface area contributed by atoms with E-state index >= 15 is 0 Å². The molecule has 0 radical (unpaired) electrons. The molecule has 0 aliphatic rings. The molecule has 0 saturated carbocycles. The highest BCUT2D eigenvalue weighted by Gasteiger charge is 2.34. The quantitative estimate of drug-likeness (QED) is 0.194. The number of nitrogens with two attached hydrogens (primary N) is 1. The molecule has 3 aromatic rings. The third-order valence-electron chi connectivity index (χ3n) is 3.98. The van der Waals surface area contributed by atoms with Gasteiger partial charge in [-0.3, -0.25) is 0 Å². The summed E-state index contributed by atoms with van der Waals surface area (Å²) in [5.74, 6) is -1.79. The summed E-state index contributed by atoms with van der Waals surface area (Å²) in [6.45, 7) is 0. The highest BCUT2D eigenvalue weighted by molar-refractivity contribution is 9.10. The van der Waals surface area contributed by atoms with E-state index in [4.69, 9.17) is 10.6 Å². The maximum Gasteiger partial charge on any atom is 0.434 e. The Morgan fingerprint density at radius 1 is 1.20 bits per heavy atom. The first-order valence-corrected chi connectivity index (χ1v) is 9.07. The van der Waals surface area contributed by atoms with Gasteiger partial charge in [-0.05, 0) is 30.3 Å². The Kier molecular flexibility index (Phi) is 5.92. The van der Waals surface area contributed by atoms with Crippen molar-refractivity contribution in [1.82, 2.24) is 9.55 Å². The molecular weight excluding hydrogens is 472 g/mol. The van der Waals surface area contributed by atoms with Crippen LogP contribution in [0.1, 0.15) is 21.6 Å². The molecule has 6 nitrogen and oxygen atoms in total.